The monoisotopic (exact) mass is 286 g/mol. The summed E-state index contributed by atoms with van der Waals surface area (Å²) in [4.78, 5) is 18.2. The van der Waals surface area contributed by atoms with E-state index < -0.39 is 5.60 Å². The van der Waals surface area contributed by atoms with Gasteiger partial charge in [-0.1, -0.05) is 24.8 Å². The lowest BCUT2D eigenvalue weighted by Gasteiger charge is -2.29. The van der Waals surface area contributed by atoms with E-state index in [0.717, 1.165) is 23.3 Å². The predicted octanol–water partition coefficient (Wildman–Crippen LogP) is 3.75. The third kappa shape index (κ3) is 3.94. The van der Waals surface area contributed by atoms with Gasteiger partial charge in [0, 0.05) is 19.3 Å². The second kappa shape index (κ2) is 6.12. The molecule has 1 aliphatic heterocycles. The average Bonchev–Trinajstić information content (AvgIpc) is 2.45. The van der Waals surface area contributed by atoms with Gasteiger partial charge in [-0.15, -0.1) is 0 Å². The van der Waals surface area contributed by atoms with E-state index in [0.29, 0.717) is 13.1 Å². The number of aromatic nitrogens is 1. The van der Waals surface area contributed by atoms with Crippen molar-refractivity contribution < 1.29 is 9.53 Å². The van der Waals surface area contributed by atoms with Crippen LogP contribution in [0.2, 0.25) is 0 Å². The smallest absolute Gasteiger partial charge is 0.410 e. The molecule has 1 amide bonds. The molecule has 0 saturated heterocycles. The van der Waals surface area contributed by atoms with Crippen molar-refractivity contribution in [3.8, 4) is 0 Å². The van der Waals surface area contributed by atoms with E-state index in [2.05, 4.69) is 11.6 Å². The summed E-state index contributed by atoms with van der Waals surface area (Å²) in [7, 11) is 0. The second-order valence-electron chi connectivity index (χ2n) is 6.05. The molecule has 0 atom stereocenters. The van der Waals surface area contributed by atoms with Crippen molar-refractivity contribution in [1.29, 1.82) is 0 Å². The van der Waals surface area contributed by atoms with E-state index in [1.165, 1.54) is 0 Å². The number of amides is 1. The number of nitrogens with zero attached hydrogens (tertiary/aromatic N) is 2. The normalized spacial score (nSPS) is 15.4. The number of carbonyl (C=O) groups excluding carboxylic acids is 1. The molecule has 1 aromatic rings. The largest absolute Gasteiger partial charge is 0.444 e. The fraction of sp³-hybridized carbons (Fsp3) is 0.412. The third-order valence-electron chi connectivity index (χ3n) is 3.22. The Hall–Kier alpha value is -2.10. The van der Waals surface area contributed by atoms with E-state index in [-0.39, 0.29) is 6.09 Å². The molecule has 112 valence electrons. The predicted molar refractivity (Wildman–Crippen MR) is 84.7 cm³/mol. The third-order valence-corrected chi connectivity index (χ3v) is 3.22. The van der Waals surface area contributed by atoms with Crippen molar-refractivity contribution in [2.24, 2.45) is 0 Å². The minimum Gasteiger partial charge on any atom is -0.444 e. The zero-order valence-electron chi connectivity index (χ0n) is 12.9. The fourth-order valence-electron chi connectivity index (χ4n) is 2.23. The lowest BCUT2D eigenvalue weighted by atomic mass is 10.0. The van der Waals surface area contributed by atoms with E-state index >= 15 is 0 Å². The van der Waals surface area contributed by atoms with Crippen LogP contribution in [-0.2, 0) is 4.74 Å². The Morgan fingerprint density at radius 2 is 2.24 bits per heavy atom. The van der Waals surface area contributed by atoms with Crippen LogP contribution in [0.4, 0.5) is 4.79 Å². The van der Waals surface area contributed by atoms with Crippen LogP contribution < -0.4 is 0 Å². The molecule has 4 heteroatoms. The molecule has 0 unspecified atom stereocenters. The Morgan fingerprint density at radius 3 is 2.81 bits per heavy atom. The first-order chi connectivity index (χ1) is 9.90. The molecule has 0 fully saturated rings. The number of pyridine rings is 1. The van der Waals surface area contributed by atoms with E-state index in [1.54, 1.807) is 11.1 Å². The Bertz CT molecular complexity index is 570. The molecule has 0 bridgehead atoms. The van der Waals surface area contributed by atoms with Crippen LogP contribution in [0, 0.1) is 0 Å². The van der Waals surface area contributed by atoms with Crippen molar-refractivity contribution in [2.75, 3.05) is 13.1 Å². The zero-order valence-corrected chi connectivity index (χ0v) is 12.9. The van der Waals surface area contributed by atoms with E-state index in [4.69, 9.17) is 4.74 Å². The average molecular weight is 286 g/mol. The lowest BCUT2D eigenvalue weighted by Crippen LogP contribution is -2.39. The first-order valence-corrected chi connectivity index (χ1v) is 7.15. The summed E-state index contributed by atoms with van der Waals surface area (Å²) >= 11 is 0. The molecule has 2 heterocycles. The van der Waals surface area contributed by atoms with Gasteiger partial charge in [0.15, 0.2) is 0 Å². The van der Waals surface area contributed by atoms with Gasteiger partial charge in [0.1, 0.15) is 5.60 Å². The summed E-state index contributed by atoms with van der Waals surface area (Å²) in [5.41, 5.74) is 2.68. The Labute approximate surface area is 126 Å². The minimum atomic E-state index is -0.460. The molecule has 21 heavy (non-hydrogen) atoms. The van der Waals surface area contributed by atoms with E-state index in [9.17, 15) is 4.79 Å². The summed E-state index contributed by atoms with van der Waals surface area (Å²) in [5.74, 6) is 0. The molecule has 0 spiro atoms. The Kier molecular flexibility index (Phi) is 4.46. The quantitative estimate of drug-likeness (QED) is 0.831. The number of hydrogen-bond donors (Lipinski definition) is 0. The molecule has 1 aliphatic rings. The summed E-state index contributed by atoms with van der Waals surface area (Å²) in [6.45, 7) is 10.6. The van der Waals surface area contributed by atoms with Gasteiger partial charge in [-0.2, -0.15) is 0 Å². The zero-order chi connectivity index (χ0) is 15.5. The van der Waals surface area contributed by atoms with Crippen LogP contribution in [0.3, 0.4) is 0 Å². The maximum Gasteiger partial charge on any atom is 0.410 e. The van der Waals surface area contributed by atoms with Crippen LogP contribution in [-0.4, -0.2) is 34.7 Å². The van der Waals surface area contributed by atoms with Gasteiger partial charge in [0.05, 0.1) is 5.69 Å². The van der Waals surface area contributed by atoms with Crippen molar-refractivity contribution in [3.63, 3.8) is 0 Å². The number of ether oxygens (including phenoxy) is 1. The van der Waals surface area contributed by atoms with Crippen molar-refractivity contribution in [1.82, 2.24) is 9.88 Å². The highest BCUT2D eigenvalue weighted by Gasteiger charge is 2.24. The summed E-state index contributed by atoms with van der Waals surface area (Å²) in [5, 5.41) is 0. The van der Waals surface area contributed by atoms with Crippen molar-refractivity contribution in [3.05, 3.63) is 42.2 Å². The Morgan fingerprint density at radius 1 is 1.48 bits per heavy atom. The molecule has 0 saturated carbocycles. The highest BCUT2D eigenvalue weighted by molar-refractivity contribution is 5.74. The van der Waals surface area contributed by atoms with Crippen LogP contribution in [0.15, 0.2) is 31.0 Å². The highest BCUT2D eigenvalue weighted by Crippen LogP contribution is 2.25. The van der Waals surface area contributed by atoms with Crippen molar-refractivity contribution in [2.45, 2.75) is 32.8 Å². The van der Waals surface area contributed by atoms with Crippen LogP contribution in [0.5, 0.6) is 0 Å². The molecule has 0 N–H and O–H groups in total. The molecule has 2 rings (SSSR count). The van der Waals surface area contributed by atoms with Crippen LogP contribution >= 0.6 is 0 Å². The van der Waals surface area contributed by atoms with Crippen LogP contribution in [0.25, 0.3) is 11.6 Å². The van der Waals surface area contributed by atoms with Gasteiger partial charge in [-0.3, -0.25) is 4.98 Å². The van der Waals surface area contributed by atoms with Crippen molar-refractivity contribution >= 4 is 17.7 Å². The maximum absolute atomic E-state index is 12.0. The number of carbonyl (C=O) groups is 1. The molecule has 0 aliphatic carbocycles. The number of rotatable bonds is 2. The molecule has 0 radical (unpaired) electrons. The molecule has 4 nitrogen and oxygen atoms in total. The topological polar surface area (TPSA) is 42.4 Å². The fourth-order valence-corrected chi connectivity index (χ4v) is 2.23. The molecular formula is C17H22N2O2. The first kappa shape index (κ1) is 15.3. The van der Waals surface area contributed by atoms with Gasteiger partial charge in [-0.05, 0) is 44.4 Å². The summed E-state index contributed by atoms with van der Waals surface area (Å²) in [6.07, 6.45) is 6.15. The van der Waals surface area contributed by atoms with Crippen LogP contribution in [0.1, 0.15) is 38.4 Å². The highest BCUT2D eigenvalue weighted by atomic mass is 16.6. The van der Waals surface area contributed by atoms with Gasteiger partial charge in [-0.25, -0.2) is 4.79 Å². The molecule has 1 aromatic heterocycles. The SMILES string of the molecule is C=Cc1cccnc1C1=CCN(C(=O)OC(C)(C)C)CC1. The van der Waals surface area contributed by atoms with Gasteiger partial charge >= 0.3 is 6.09 Å². The van der Waals surface area contributed by atoms with Gasteiger partial charge < -0.3 is 9.64 Å². The number of hydrogen-bond acceptors (Lipinski definition) is 3. The summed E-state index contributed by atoms with van der Waals surface area (Å²) in [6, 6.07) is 3.90. The minimum absolute atomic E-state index is 0.261. The second-order valence-corrected chi connectivity index (χ2v) is 6.05. The molecule has 0 aromatic carbocycles. The molecular weight excluding hydrogens is 264 g/mol. The summed E-state index contributed by atoms with van der Waals surface area (Å²) < 4.78 is 5.39. The maximum atomic E-state index is 12.0. The van der Waals surface area contributed by atoms with Gasteiger partial charge in [0.25, 0.3) is 0 Å². The lowest BCUT2D eigenvalue weighted by molar-refractivity contribution is 0.0270. The van der Waals surface area contributed by atoms with Gasteiger partial charge in [0.2, 0.25) is 0 Å². The Balaban J connectivity index is 2.09. The first-order valence-electron chi connectivity index (χ1n) is 7.15. The standard InChI is InChI=1S/C17H22N2O2/c1-5-13-7-6-10-18-15(13)14-8-11-19(12-9-14)16(20)21-17(2,3)4/h5-8,10H,1,9,11-12H2,2-4H3. The van der Waals surface area contributed by atoms with E-state index in [1.807, 2.05) is 45.1 Å².